The molecular formula is C10H19NOS. The smallest absolute Gasteiger partial charge is 0.220 e. The first-order chi connectivity index (χ1) is 5.86. The van der Waals surface area contributed by atoms with Crippen LogP contribution >= 0.6 is 11.8 Å². The summed E-state index contributed by atoms with van der Waals surface area (Å²) in [4.78, 5) is 13.5. The van der Waals surface area contributed by atoms with Gasteiger partial charge in [0.15, 0.2) is 0 Å². The molecule has 0 saturated carbocycles. The van der Waals surface area contributed by atoms with Crippen LogP contribution in [0.25, 0.3) is 0 Å². The van der Waals surface area contributed by atoms with E-state index in [4.69, 9.17) is 0 Å². The van der Waals surface area contributed by atoms with Crippen LogP contribution < -0.4 is 0 Å². The molecule has 1 fully saturated rings. The van der Waals surface area contributed by atoms with Gasteiger partial charge in [0.05, 0.1) is 4.87 Å². The number of hydrogen-bond acceptors (Lipinski definition) is 2. The summed E-state index contributed by atoms with van der Waals surface area (Å²) in [5.41, 5.74) is 0. The minimum atomic E-state index is -0.0131. The van der Waals surface area contributed by atoms with Gasteiger partial charge in [-0.2, -0.15) is 0 Å². The van der Waals surface area contributed by atoms with E-state index in [0.717, 1.165) is 5.75 Å². The third kappa shape index (κ3) is 2.01. The number of hydrogen-bond donors (Lipinski definition) is 0. The van der Waals surface area contributed by atoms with Gasteiger partial charge in [-0.15, -0.1) is 11.8 Å². The molecule has 0 radical (unpaired) electrons. The largest absolute Gasteiger partial charge is 0.325 e. The monoisotopic (exact) mass is 201 g/mol. The summed E-state index contributed by atoms with van der Waals surface area (Å²) < 4.78 is 0. The van der Waals surface area contributed by atoms with Gasteiger partial charge in [-0.3, -0.25) is 4.79 Å². The lowest BCUT2D eigenvalue weighted by atomic mass is 10.0. The first kappa shape index (κ1) is 10.9. The topological polar surface area (TPSA) is 20.3 Å². The molecule has 1 amide bonds. The van der Waals surface area contributed by atoms with Gasteiger partial charge < -0.3 is 4.90 Å². The zero-order chi connectivity index (χ0) is 10.2. The molecule has 1 rings (SSSR count). The van der Waals surface area contributed by atoms with E-state index in [0.29, 0.717) is 12.0 Å². The molecule has 76 valence electrons. The van der Waals surface area contributed by atoms with Gasteiger partial charge in [-0.05, 0) is 19.8 Å². The van der Waals surface area contributed by atoms with Gasteiger partial charge in [0.1, 0.15) is 0 Å². The number of thioether (sulfide) groups is 1. The minimum Gasteiger partial charge on any atom is -0.325 e. The van der Waals surface area contributed by atoms with Gasteiger partial charge in [-0.25, -0.2) is 0 Å². The summed E-state index contributed by atoms with van der Waals surface area (Å²) in [6.45, 7) is 10.3. The second kappa shape index (κ2) is 3.52. The second-order valence-electron chi connectivity index (χ2n) is 4.46. The highest BCUT2D eigenvalue weighted by Crippen LogP contribution is 2.40. The van der Waals surface area contributed by atoms with Crippen molar-refractivity contribution in [3.05, 3.63) is 0 Å². The van der Waals surface area contributed by atoms with E-state index in [-0.39, 0.29) is 10.8 Å². The SMILES string of the molecule is CC(=O)N1C(C(C)C)CSC1(C)C. The van der Waals surface area contributed by atoms with E-state index in [2.05, 4.69) is 27.7 Å². The van der Waals surface area contributed by atoms with Crippen molar-refractivity contribution in [2.45, 2.75) is 45.5 Å². The van der Waals surface area contributed by atoms with Crippen LogP contribution in [0.15, 0.2) is 0 Å². The molecule has 0 aromatic rings. The van der Waals surface area contributed by atoms with E-state index >= 15 is 0 Å². The Morgan fingerprint density at radius 2 is 2.08 bits per heavy atom. The van der Waals surface area contributed by atoms with Gasteiger partial charge in [0.2, 0.25) is 5.91 Å². The van der Waals surface area contributed by atoms with Crippen LogP contribution in [0, 0.1) is 5.92 Å². The predicted octanol–water partition coefficient (Wildman–Crippen LogP) is 2.34. The van der Waals surface area contributed by atoms with Crippen molar-refractivity contribution in [3.63, 3.8) is 0 Å². The molecule has 2 nitrogen and oxygen atoms in total. The predicted molar refractivity (Wildman–Crippen MR) is 57.7 cm³/mol. The van der Waals surface area contributed by atoms with Gasteiger partial charge in [-0.1, -0.05) is 13.8 Å². The highest BCUT2D eigenvalue weighted by atomic mass is 32.2. The van der Waals surface area contributed by atoms with Crippen molar-refractivity contribution in [2.75, 3.05) is 5.75 Å². The van der Waals surface area contributed by atoms with Crippen LogP contribution in [0.3, 0.4) is 0 Å². The Kier molecular flexibility index (Phi) is 2.95. The molecule has 0 spiro atoms. The summed E-state index contributed by atoms with van der Waals surface area (Å²) in [5.74, 6) is 1.83. The molecule has 1 atom stereocenters. The fourth-order valence-electron chi connectivity index (χ4n) is 1.94. The van der Waals surface area contributed by atoms with E-state index in [1.165, 1.54) is 0 Å². The van der Waals surface area contributed by atoms with E-state index < -0.39 is 0 Å². The number of carbonyl (C=O) groups is 1. The lowest BCUT2D eigenvalue weighted by Crippen LogP contribution is -2.47. The Balaban J connectivity index is 2.86. The highest BCUT2D eigenvalue weighted by molar-refractivity contribution is 8.00. The maximum absolute atomic E-state index is 11.5. The summed E-state index contributed by atoms with van der Waals surface area (Å²) in [7, 11) is 0. The number of amides is 1. The molecule has 1 aliphatic heterocycles. The molecule has 1 aliphatic rings. The van der Waals surface area contributed by atoms with E-state index in [9.17, 15) is 4.79 Å². The standard InChI is InChI=1S/C10H19NOS/c1-7(2)9-6-13-10(4,5)11(9)8(3)12/h7,9H,6H2,1-5H3. The average molecular weight is 201 g/mol. The summed E-state index contributed by atoms with van der Waals surface area (Å²) in [5, 5.41) is 0. The van der Waals surface area contributed by atoms with Crippen LogP contribution in [0.4, 0.5) is 0 Å². The first-order valence-corrected chi connectivity index (χ1v) is 5.78. The molecule has 1 unspecified atom stereocenters. The van der Waals surface area contributed by atoms with Gasteiger partial charge in [0.25, 0.3) is 0 Å². The maximum atomic E-state index is 11.5. The minimum absolute atomic E-state index is 0.0131. The summed E-state index contributed by atoms with van der Waals surface area (Å²) in [6.07, 6.45) is 0. The molecule has 0 aliphatic carbocycles. The van der Waals surface area contributed by atoms with Crippen molar-refractivity contribution in [1.29, 1.82) is 0 Å². The number of rotatable bonds is 1. The third-order valence-corrected chi connectivity index (χ3v) is 4.04. The van der Waals surface area contributed by atoms with Crippen LogP contribution in [-0.4, -0.2) is 27.5 Å². The lowest BCUT2D eigenvalue weighted by Gasteiger charge is -2.35. The van der Waals surface area contributed by atoms with Crippen molar-refractivity contribution < 1.29 is 4.79 Å². The zero-order valence-corrected chi connectivity index (χ0v) is 9.94. The Morgan fingerprint density at radius 1 is 1.54 bits per heavy atom. The van der Waals surface area contributed by atoms with Crippen LogP contribution in [0.1, 0.15) is 34.6 Å². The van der Waals surface area contributed by atoms with Crippen molar-refractivity contribution in [1.82, 2.24) is 4.90 Å². The molecule has 0 aromatic heterocycles. The maximum Gasteiger partial charge on any atom is 0.220 e. The van der Waals surface area contributed by atoms with Crippen LogP contribution in [0.5, 0.6) is 0 Å². The Labute approximate surface area is 85.1 Å². The molecule has 1 saturated heterocycles. The highest BCUT2D eigenvalue weighted by Gasteiger charge is 2.42. The van der Waals surface area contributed by atoms with Crippen molar-refractivity contribution in [3.8, 4) is 0 Å². The molecule has 0 aromatic carbocycles. The molecule has 1 heterocycles. The fourth-order valence-corrected chi connectivity index (χ4v) is 3.45. The number of carbonyl (C=O) groups excluding carboxylic acids is 1. The molecule has 0 bridgehead atoms. The molecule has 0 N–H and O–H groups in total. The normalized spacial score (nSPS) is 26.9. The second-order valence-corrected chi connectivity index (χ2v) is 6.08. The fraction of sp³-hybridized carbons (Fsp3) is 0.900. The number of nitrogens with zero attached hydrogens (tertiary/aromatic N) is 1. The summed E-state index contributed by atoms with van der Waals surface area (Å²) in [6, 6.07) is 0.414. The Hall–Kier alpha value is -0.180. The van der Waals surface area contributed by atoms with E-state index in [1.807, 2.05) is 16.7 Å². The summed E-state index contributed by atoms with van der Waals surface area (Å²) >= 11 is 1.88. The lowest BCUT2D eigenvalue weighted by molar-refractivity contribution is -0.133. The first-order valence-electron chi connectivity index (χ1n) is 4.80. The molecule has 3 heteroatoms. The zero-order valence-electron chi connectivity index (χ0n) is 9.13. The Morgan fingerprint density at radius 3 is 2.38 bits per heavy atom. The van der Waals surface area contributed by atoms with Gasteiger partial charge in [0, 0.05) is 18.7 Å². The van der Waals surface area contributed by atoms with Crippen LogP contribution in [-0.2, 0) is 4.79 Å². The third-order valence-electron chi connectivity index (χ3n) is 2.63. The molecule has 13 heavy (non-hydrogen) atoms. The molecular weight excluding hydrogens is 182 g/mol. The van der Waals surface area contributed by atoms with Crippen molar-refractivity contribution in [2.24, 2.45) is 5.92 Å². The Bertz CT molecular complexity index is 213. The van der Waals surface area contributed by atoms with Gasteiger partial charge >= 0.3 is 0 Å². The van der Waals surface area contributed by atoms with E-state index in [1.54, 1.807) is 6.92 Å². The van der Waals surface area contributed by atoms with Crippen LogP contribution in [0.2, 0.25) is 0 Å². The quantitative estimate of drug-likeness (QED) is 0.649. The van der Waals surface area contributed by atoms with Crippen molar-refractivity contribution >= 4 is 17.7 Å². The average Bonchev–Trinajstić information content (AvgIpc) is 2.24.